The highest BCUT2D eigenvalue weighted by Crippen LogP contribution is 2.32. The van der Waals surface area contributed by atoms with Gasteiger partial charge < -0.3 is 10.6 Å². The molecule has 5 unspecified atom stereocenters. The molecule has 1 amide bonds. The van der Waals surface area contributed by atoms with E-state index in [4.69, 9.17) is 0 Å². The summed E-state index contributed by atoms with van der Waals surface area (Å²) in [4.78, 5) is 12.4. The number of hydrogen-bond acceptors (Lipinski definition) is 2. The van der Waals surface area contributed by atoms with E-state index < -0.39 is 0 Å². The molecule has 0 aromatic rings. The third kappa shape index (κ3) is 3.13. The number of fused-ring (bicyclic) bond motifs is 1. The van der Waals surface area contributed by atoms with E-state index in [9.17, 15) is 4.79 Å². The van der Waals surface area contributed by atoms with Crippen molar-refractivity contribution in [2.24, 2.45) is 11.8 Å². The molecule has 1 aliphatic heterocycles. The quantitative estimate of drug-likeness (QED) is 0.805. The van der Waals surface area contributed by atoms with E-state index in [2.05, 4.69) is 17.6 Å². The zero-order chi connectivity index (χ0) is 13.2. The SMILES string of the molecule is CC1CCC(NC(=O)C2CCC3CCCCC3N2)C1. The fraction of sp³-hybridized carbons (Fsp3) is 0.938. The Hall–Kier alpha value is -0.570. The molecule has 2 saturated carbocycles. The van der Waals surface area contributed by atoms with Crippen LogP contribution in [0, 0.1) is 11.8 Å². The lowest BCUT2D eigenvalue weighted by atomic mass is 9.77. The van der Waals surface area contributed by atoms with Gasteiger partial charge in [-0.3, -0.25) is 4.79 Å². The van der Waals surface area contributed by atoms with Crippen molar-refractivity contribution in [1.29, 1.82) is 0 Å². The molecule has 5 atom stereocenters. The molecular formula is C16H28N2O. The van der Waals surface area contributed by atoms with Crippen LogP contribution < -0.4 is 10.6 Å². The molecule has 1 saturated heterocycles. The first-order valence-corrected chi connectivity index (χ1v) is 8.29. The van der Waals surface area contributed by atoms with Gasteiger partial charge in [-0.2, -0.15) is 0 Å². The second-order valence-corrected chi connectivity index (χ2v) is 7.07. The maximum absolute atomic E-state index is 12.4. The lowest BCUT2D eigenvalue weighted by Crippen LogP contribution is -2.56. The lowest BCUT2D eigenvalue weighted by molar-refractivity contribution is -0.125. The van der Waals surface area contributed by atoms with Gasteiger partial charge >= 0.3 is 0 Å². The lowest BCUT2D eigenvalue weighted by Gasteiger charge is -2.40. The number of piperidine rings is 1. The van der Waals surface area contributed by atoms with Crippen molar-refractivity contribution in [2.45, 2.75) is 82.8 Å². The summed E-state index contributed by atoms with van der Waals surface area (Å²) in [6, 6.07) is 1.13. The Morgan fingerprint density at radius 3 is 2.68 bits per heavy atom. The normalized spacial score (nSPS) is 42.7. The molecule has 0 bridgehead atoms. The molecule has 108 valence electrons. The molecule has 3 rings (SSSR count). The number of nitrogens with one attached hydrogen (secondary N) is 2. The minimum Gasteiger partial charge on any atom is -0.352 e. The fourth-order valence-electron chi connectivity index (χ4n) is 4.34. The van der Waals surface area contributed by atoms with E-state index in [0.717, 1.165) is 18.3 Å². The molecule has 0 radical (unpaired) electrons. The van der Waals surface area contributed by atoms with Crippen LogP contribution in [-0.2, 0) is 4.79 Å². The highest BCUT2D eigenvalue weighted by molar-refractivity contribution is 5.82. The third-order valence-electron chi connectivity index (χ3n) is 5.51. The molecule has 2 aliphatic carbocycles. The van der Waals surface area contributed by atoms with Gasteiger partial charge in [-0.25, -0.2) is 0 Å². The Labute approximate surface area is 116 Å². The second-order valence-electron chi connectivity index (χ2n) is 7.07. The first kappa shape index (κ1) is 13.4. The standard InChI is InChI=1S/C16H28N2O/c1-11-6-8-13(10-11)17-16(19)15-9-7-12-4-2-3-5-14(12)18-15/h11-15,18H,2-10H2,1H3,(H,17,19). The van der Waals surface area contributed by atoms with Gasteiger partial charge in [0.1, 0.15) is 0 Å². The molecule has 3 nitrogen and oxygen atoms in total. The predicted molar refractivity (Wildman–Crippen MR) is 76.8 cm³/mol. The van der Waals surface area contributed by atoms with E-state index in [0.29, 0.717) is 12.1 Å². The smallest absolute Gasteiger partial charge is 0.237 e. The van der Waals surface area contributed by atoms with Gasteiger partial charge in [0.05, 0.1) is 6.04 Å². The van der Waals surface area contributed by atoms with Crippen LogP contribution in [0.1, 0.15) is 64.7 Å². The molecule has 1 heterocycles. The van der Waals surface area contributed by atoms with Crippen molar-refractivity contribution in [2.75, 3.05) is 0 Å². The zero-order valence-corrected chi connectivity index (χ0v) is 12.2. The summed E-state index contributed by atoms with van der Waals surface area (Å²) in [5, 5.41) is 6.90. The molecule has 3 aliphatic rings. The highest BCUT2D eigenvalue weighted by atomic mass is 16.2. The highest BCUT2D eigenvalue weighted by Gasteiger charge is 2.35. The molecule has 2 N–H and O–H groups in total. The molecule has 0 aromatic heterocycles. The second kappa shape index (κ2) is 5.82. The third-order valence-corrected chi connectivity index (χ3v) is 5.51. The van der Waals surface area contributed by atoms with Crippen molar-refractivity contribution in [3.63, 3.8) is 0 Å². The van der Waals surface area contributed by atoms with Crippen LogP contribution in [0.5, 0.6) is 0 Å². The first-order valence-electron chi connectivity index (χ1n) is 8.29. The number of carbonyl (C=O) groups excluding carboxylic acids is 1. The summed E-state index contributed by atoms with van der Waals surface area (Å²) < 4.78 is 0. The van der Waals surface area contributed by atoms with Crippen LogP contribution in [-0.4, -0.2) is 24.0 Å². The number of hydrogen-bond donors (Lipinski definition) is 2. The number of amides is 1. The summed E-state index contributed by atoms with van der Waals surface area (Å²) in [7, 11) is 0. The van der Waals surface area contributed by atoms with Gasteiger partial charge in [-0.1, -0.05) is 19.8 Å². The van der Waals surface area contributed by atoms with E-state index in [1.54, 1.807) is 0 Å². The molecule has 19 heavy (non-hydrogen) atoms. The van der Waals surface area contributed by atoms with E-state index in [-0.39, 0.29) is 11.9 Å². The maximum atomic E-state index is 12.4. The first-order chi connectivity index (χ1) is 9.22. The van der Waals surface area contributed by atoms with E-state index in [1.165, 1.54) is 51.4 Å². The maximum Gasteiger partial charge on any atom is 0.237 e. The zero-order valence-electron chi connectivity index (χ0n) is 12.2. The van der Waals surface area contributed by atoms with Gasteiger partial charge in [0, 0.05) is 12.1 Å². The molecule has 0 aromatic carbocycles. The Morgan fingerprint density at radius 1 is 1.05 bits per heavy atom. The largest absolute Gasteiger partial charge is 0.352 e. The van der Waals surface area contributed by atoms with Gasteiger partial charge in [-0.05, 0) is 56.8 Å². The molecule has 3 heteroatoms. The van der Waals surface area contributed by atoms with Crippen LogP contribution in [0.3, 0.4) is 0 Å². The Bertz CT molecular complexity index is 331. The molecule has 3 fully saturated rings. The topological polar surface area (TPSA) is 41.1 Å². The van der Waals surface area contributed by atoms with Crippen molar-refractivity contribution < 1.29 is 4.79 Å². The van der Waals surface area contributed by atoms with Crippen molar-refractivity contribution in [3.8, 4) is 0 Å². The number of rotatable bonds is 2. The monoisotopic (exact) mass is 264 g/mol. The van der Waals surface area contributed by atoms with Crippen LogP contribution in [0.4, 0.5) is 0 Å². The predicted octanol–water partition coefficient (Wildman–Crippen LogP) is 2.60. The molecular weight excluding hydrogens is 236 g/mol. The average Bonchev–Trinajstić information content (AvgIpc) is 2.83. The minimum absolute atomic E-state index is 0.0789. The van der Waals surface area contributed by atoms with Crippen LogP contribution in [0.25, 0.3) is 0 Å². The van der Waals surface area contributed by atoms with Gasteiger partial charge in [0.15, 0.2) is 0 Å². The van der Waals surface area contributed by atoms with Crippen LogP contribution in [0.15, 0.2) is 0 Å². The van der Waals surface area contributed by atoms with Crippen molar-refractivity contribution in [1.82, 2.24) is 10.6 Å². The minimum atomic E-state index is 0.0789. The Morgan fingerprint density at radius 2 is 1.89 bits per heavy atom. The Kier molecular flexibility index (Phi) is 4.11. The van der Waals surface area contributed by atoms with Crippen LogP contribution in [0.2, 0.25) is 0 Å². The summed E-state index contributed by atoms with van der Waals surface area (Å²) in [6.07, 6.45) is 11.3. The molecule has 0 spiro atoms. The number of carbonyl (C=O) groups is 1. The van der Waals surface area contributed by atoms with Crippen LogP contribution >= 0.6 is 0 Å². The van der Waals surface area contributed by atoms with Gasteiger partial charge in [0.2, 0.25) is 5.91 Å². The van der Waals surface area contributed by atoms with Crippen molar-refractivity contribution in [3.05, 3.63) is 0 Å². The van der Waals surface area contributed by atoms with Gasteiger partial charge in [-0.15, -0.1) is 0 Å². The summed E-state index contributed by atoms with van der Waals surface area (Å²) in [5.41, 5.74) is 0. The van der Waals surface area contributed by atoms with E-state index in [1.807, 2.05) is 0 Å². The van der Waals surface area contributed by atoms with Crippen molar-refractivity contribution >= 4 is 5.91 Å². The summed E-state index contributed by atoms with van der Waals surface area (Å²) >= 11 is 0. The average molecular weight is 264 g/mol. The summed E-state index contributed by atoms with van der Waals surface area (Å²) in [5.74, 6) is 1.89. The van der Waals surface area contributed by atoms with Gasteiger partial charge in [0.25, 0.3) is 0 Å². The summed E-state index contributed by atoms with van der Waals surface area (Å²) in [6.45, 7) is 2.29. The fourth-order valence-corrected chi connectivity index (χ4v) is 4.34. The van der Waals surface area contributed by atoms with E-state index >= 15 is 0 Å². The Balaban J connectivity index is 1.50.